The number of ether oxygens (including phenoxy) is 1. The zero-order valence-corrected chi connectivity index (χ0v) is 21.1. The minimum absolute atomic E-state index is 0.0365. The molecule has 1 aromatic rings. The number of hydrogen-bond acceptors (Lipinski definition) is 6. The first kappa shape index (κ1) is 26.0. The second-order valence-corrected chi connectivity index (χ2v) is 15.5. The van der Waals surface area contributed by atoms with Gasteiger partial charge in [0.25, 0.3) is 0 Å². The van der Waals surface area contributed by atoms with Crippen molar-refractivity contribution in [2.75, 3.05) is 7.11 Å². The number of thiophene rings is 1. The van der Waals surface area contributed by atoms with Crippen molar-refractivity contribution in [3.63, 3.8) is 0 Å². The van der Waals surface area contributed by atoms with Gasteiger partial charge in [-0.2, -0.15) is 0 Å². The van der Waals surface area contributed by atoms with E-state index in [4.69, 9.17) is 4.43 Å². The summed E-state index contributed by atoms with van der Waals surface area (Å²) < 4.78 is 10.8. The molecular formula is C22H38O5SSi. The second-order valence-electron chi connectivity index (χ2n) is 9.70. The van der Waals surface area contributed by atoms with Gasteiger partial charge in [-0.1, -0.05) is 34.6 Å². The average molecular weight is 443 g/mol. The highest BCUT2D eigenvalue weighted by molar-refractivity contribution is 7.10. The van der Waals surface area contributed by atoms with Crippen LogP contribution in [0.4, 0.5) is 0 Å². The Hall–Kier alpha value is -1.02. The lowest BCUT2D eigenvalue weighted by molar-refractivity contribution is -0.144. The van der Waals surface area contributed by atoms with E-state index in [-0.39, 0.29) is 29.6 Å². The summed E-state index contributed by atoms with van der Waals surface area (Å²) >= 11 is 1.67. The quantitative estimate of drug-likeness (QED) is 0.293. The topological polar surface area (TPSA) is 72.8 Å². The third-order valence-electron chi connectivity index (χ3n) is 6.08. The largest absolute Gasteiger partial charge is 0.469 e. The molecule has 0 saturated heterocycles. The molecule has 29 heavy (non-hydrogen) atoms. The first-order valence-corrected chi connectivity index (χ1v) is 14.0. The standard InChI is InChI=1S/C22H38O5SSi/c1-16(2)22(25,13-18(23)12-20(24)26-6)10-9-17-11-19(28-15-17)14-27-29(7,8)21(3,4)5/h11,15-16,25H,9-10,12-14H2,1-8H3. The van der Waals surface area contributed by atoms with E-state index in [1.165, 1.54) is 12.0 Å². The van der Waals surface area contributed by atoms with Crippen LogP contribution >= 0.6 is 11.3 Å². The molecule has 1 atom stereocenters. The molecule has 1 rings (SSSR count). The maximum atomic E-state index is 12.1. The predicted molar refractivity (Wildman–Crippen MR) is 121 cm³/mol. The summed E-state index contributed by atoms with van der Waals surface area (Å²) in [5.41, 5.74) is 0.00788. The van der Waals surface area contributed by atoms with E-state index in [1.54, 1.807) is 11.3 Å². The molecule has 1 unspecified atom stereocenters. The first-order chi connectivity index (χ1) is 13.2. The monoisotopic (exact) mass is 442 g/mol. The summed E-state index contributed by atoms with van der Waals surface area (Å²) in [4.78, 5) is 24.6. The summed E-state index contributed by atoms with van der Waals surface area (Å²) in [7, 11) is -0.528. The van der Waals surface area contributed by atoms with Gasteiger partial charge in [-0.05, 0) is 53.9 Å². The molecule has 0 aliphatic carbocycles. The Kier molecular flexibility index (Phi) is 9.27. The van der Waals surface area contributed by atoms with E-state index in [1.807, 2.05) is 13.8 Å². The zero-order valence-electron chi connectivity index (χ0n) is 19.3. The molecule has 1 N–H and O–H groups in total. The van der Waals surface area contributed by atoms with Crippen molar-refractivity contribution in [1.29, 1.82) is 0 Å². The summed E-state index contributed by atoms with van der Waals surface area (Å²) in [6, 6.07) is 2.13. The van der Waals surface area contributed by atoms with Crippen LogP contribution in [0, 0.1) is 5.92 Å². The Morgan fingerprint density at radius 2 is 1.86 bits per heavy atom. The molecule has 0 aromatic carbocycles. The normalized spacial score (nSPS) is 14.7. The van der Waals surface area contributed by atoms with Crippen molar-refractivity contribution in [2.45, 2.75) is 90.6 Å². The highest BCUT2D eigenvalue weighted by Gasteiger charge is 2.37. The smallest absolute Gasteiger partial charge is 0.313 e. The van der Waals surface area contributed by atoms with Crippen molar-refractivity contribution < 1.29 is 23.9 Å². The number of hydrogen-bond donors (Lipinski definition) is 1. The van der Waals surface area contributed by atoms with Crippen molar-refractivity contribution >= 4 is 31.4 Å². The second kappa shape index (κ2) is 10.3. The Morgan fingerprint density at radius 1 is 1.24 bits per heavy atom. The average Bonchev–Trinajstić information content (AvgIpc) is 3.05. The molecule has 166 valence electrons. The van der Waals surface area contributed by atoms with E-state index >= 15 is 0 Å². The summed E-state index contributed by atoms with van der Waals surface area (Å²) in [6.45, 7) is 15.6. The lowest BCUT2D eigenvalue weighted by Crippen LogP contribution is -2.40. The van der Waals surface area contributed by atoms with Gasteiger partial charge < -0.3 is 14.3 Å². The van der Waals surface area contributed by atoms with E-state index in [2.05, 4.69) is 50.0 Å². The van der Waals surface area contributed by atoms with Gasteiger partial charge in [-0.15, -0.1) is 11.3 Å². The Labute approximate surface area is 180 Å². The van der Waals surface area contributed by atoms with Gasteiger partial charge in [0.2, 0.25) is 0 Å². The predicted octanol–water partition coefficient (Wildman–Crippen LogP) is 5.11. The maximum Gasteiger partial charge on any atom is 0.313 e. The molecule has 0 spiro atoms. The van der Waals surface area contributed by atoms with Gasteiger partial charge >= 0.3 is 5.97 Å². The Morgan fingerprint density at radius 3 is 2.38 bits per heavy atom. The number of aryl methyl sites for hydroxylation is 1. The van der Waals surface area contributed by atoms with Crippen LogP contribution in [-0.4, -0.2) is 37.9 Å². The summed E-state index contributed by atoms with van der Waals surface area (Å²) in [5, 5.41) is 13.3. The van der Waals surface area contributed by atoms with Crippen molar-refractivity contribution in [1.82, 2.24) is 0 Å². The van der Waals surface area contributed by atoms with E-state index < -0.39 is 19.9 Å². The fourth-order valence-electron chi connectivity index (χ4n) is 2.68. The van der Waals surface area contributed by atoms with Crippen LogP contribution in [0.15, 0.2) is 11.4 Å². The molecule has 0 bridgehead atoms. The zero-order chi connectivity index (χ0) is 22.5. The van der Waals surface area contributed by atoms with Crippen LogP contribution in [-0.2, 0) is 31.8 Å². The fraction of sp³-hybridized carbons (Fsp3) is 0.727. The van der Waals surface area contributed by atoms with Gasteiger partial charge in [0, 0.05) is 11.3 Å². The number of Topliss-reactive ketones (excluding diaryl/α,β-unsaturated/α-hetero) is 1. The van der Waals surface area contributed by atoms with E-state index in [0.29, 0.717) is 19.4 Å². The van der Waals surface area contributed by atoms with Crippen LogP contribution in [0.5, 0.6) is 0 Å². The number of aliphatic hydroxyl groups is 1. The number of carbonyl (C=O) groups is 2. The van der Waals surface area contributed by atoms with Gasteiger partial charge in [0.1, 0.15) is 12.2 Å². The molecule has 0 aliphatic heterocycles. The summed E-state index contributed by atoms with van der Waals surface area (Å²) in [5.74, 6) is -0.948. The molecule has 5 nitrogen and oxygen atoms in total. The molecule has 1 aromatic heterocycles. The van der Waals surface area contributed by atoms with Crippen molar-refractivity contribution in [3.05, 3.63) is 21.9 Å². The Balaban J connectivity index is 2.68. The van der Waals surface area contributed by atoms with Crippen LogP contribution in [0.25, 0.3) is 0 Å². The number of rotatable bonds is 11. The highest BCUT2D eigenvalue weighted by atomic mass is 32.1. The molecule has 0 aliphatic rings. The minimum Gasteiger partial charge on any atom is -0.469 e. The van der Waals surface area contributed by atoms with Crippen LogP contribution in [0.1, 0.15) is 64.3 Å². The van der Waals surface area contributed by atoms with Crippen LogP contribution in [0.2, 0.25) is 18.1 Å². The molecule has 7 heteroatoms. The molecule has 0 radical (unpaired) electrons. The van der Waals surface area contributed by atoms with Crippen molar-refractivity contribution in [3.8, 4) is 0 Å². The van der Waals surface area contributed by atoms with Gasteiger partial charge in [0.05, 0.1) is 19.3 Å². The Bertz CT molecular complexity index is 690. The summed E-state index contributed by atoms with van der Waals surface area (Å²) in [6.07, 6.45) is 0.817. The van der Waals surface area contributed by atoms with Gasteiger partial charge in [-0.25, -0.2) is 0 Å². The lowest BCUT2D eigenvalue weighted by atomic mass is 9.80. The van der Waals surface area contributed by atoms with Gasteiger partial charge in [-0.3, -0.25) is 9.59 Å². The number of carbonyl (C=O) groups excluding carboxylic acids is 2. The highest BCUT2D eigenvalue weighted by Crippen LogP contribution is 2.37. The fourth-order valence-corrected chi connectivity index (χ4v) is 4.57. The molecule has 1 heterocycles. The first-order valence-electron chi connectivity index (χ1n) is 10.2. The molecular weight excluding hydrogens is 404 g/mol. The molecule has 0 saturated carbocycles. The maximum absolute atomic E-state index is 12.1. The van der Waals surface area contributed by atoms with E-state index in [9.17, 15) is 14.7 Å². The number of methoxy groups -OCH3 is 1. The number of ketones is 1. The van der Waals surface area contributed by atoms with Crippen molar-refractivity contribution in [2.24, 2.45) is 5.92 Å². The van der Waals surface area contributed by atoms with E-state index in [0.717, 1.165) is 5.56 Å². The third-order valence-corrected chi connectivity index (χ3v) is 11.5. The van der Waals surface area contributed by atoms with Crippen LogP contribution in [0.3, 0.4) is 0 Å². The number of esters is 1. The molecule has 0 fully saturated rings. The van der Waals surface area contributed by atoms with Gasteiger partial charge in [0.15, 0.2) is 8.32 Å². The van der Waals surface area contributed by atoms with Crippen LogP contribution < -0.4 is 0 Å². The SMILES string of the molecule is COC(=O)CC(=O)CC(O)(CCc1csc(CO[Si](C)(C)C(C)(C)C)c1)C(C)C. The minimum atomic E-state index is -1.79. The third kappa shape index (κ3) is 7.96. The lowest BCUT2D eigenvalue weighted by Gasteiger charge is -2.36. The molecule has 0 amide bonds.